The van der Waals surface area contributed by atoms with Crippen LogP contribution in [-0.4, -0.2) is 34.1 Å². The molecule has 0 fully saturated rings. The highest BCUT2D eigenvalue weighted by Crippen LogP contribution is 2.20. The smallest absolute Gasteiger partial charge is 0.323 e. The van der Waals surface area contributed by atoms with Gasteiger partial charge in [0.15, 0.2) is 0 Å². The fourth-order valence-electron chi connectivity index (χ4n) is 1.45. The lowest BCUT2D eigenvalue weighted by Gasteiger charge is -2.34. The van der Waals surface area contributed by atoms with E-state index in [2.05, 4.69) is 21.2 Å². The number of thiophene rings is 1. The van der Waals surface area contributed by atoms with Crippen molar-refractivity contribution in [2.45, 2.75) is 32.9 Å². The molecule has 1 aromatic heterocycles. The zero-order chi connectivity index (χ0) is 14.6. The molecule has 106 valence electrons. The Balaban J connectivity index is 2.64. The van der Waals surface area contributed by atoms with Crippen LogP contribution in [-0.2, 0) is 11.3 Å². The second-order valence-electron chi connectivity index (χ2n) is 5.04. The largest absolute Gasteiger partial charge is 0.480 e. The molecule has 0 aliphatic rings. The molecule has 0 atom stereocenters. The molecule has 1 aromatic rings. The molecular weight excluding hydrogens is 332 g/mol. The van der Waals surface area contributed by atoms with E-state index in [4.69, 9.17) is 5.11 Å². The summed E-state index contributed by atoms with van der Waals surface area (Å²) in [5.74, 6) is -1.02. The van der Waals surface area contributed by atoms with E-state index in [1.807, 2.05) is 11.4 Å². The highest BCUT2D eigenvalue weighted by Gasteiger charge is 2.28. The Hall–Kier alpha value is -1.08. The van der Waals surface area contributed by atoms with E-state index < -0.39 is 11.5 Å². The van der Waals surface area contributed by atoms with Gasteiger partial charge < -0.3 is 15.3 Å². The fraction of sp³-hybridized carbons (Fsp3) is 0.500. The lowest BCUT2D eigenvalue weighted by molar-refractivity contribution is -0.138. The van der Waals surface area contributed by atoms with Gasteiger partial charge in [-0.2, -0.15) is 0 Å². The van der Waals surface area contributed by atoms with Crippen LogP contribution in [0.3, 0.4) is 0 Å². The van der Waals surface area contributed by atoms with Crippen molar-refractivity contribution in [3.05, 3.63) is 20.8 Å². The summed E-state index contributed by atoms with van der Waals surface area (Å²) in [4.78, 5) is 25.2. The van der Waals surface area contributed by atoms with Crippen LogP contribution in [0.2, 0.25) is 0 Å². The third-order valence-electron chi connectivity index (χ3n) is 2.38. The van der Waals surface area contributed by atoms with E-state index in [1.165, 1.54) is 16.2 Å². The van der Waals surface area contributed by atoms with Gasteiger partial charge >= 0.3 is 12.0 Å². The summed E-state index contributed by atoms with van der Waals surface area (Å²) >= 11 is 4.87. The van der Waals surface area contributed by atoms with E-state index in [0.717, 1.165) is 9.35 Å². The molecule has 0 spiro atoms. The van der Waals surface area contributed by atoms with Crippen LogP contribution < -0.4 is 5.32 Å². The zero-order valence-corrected chi connectivity index (χ0v) is 13.5. The molecule has 2 N–H and O–H groups in total. The monoisotopic (exact) mass is 348 g/mol. The number of carbonyl (C=O) groups is 2. The number of nitrogens with one attached hydrogen (secondary N) is 1. The lowest BCUT2D eigenvalue weighted by atomic mass is 10.1. The molecule has 0 unspecified atom stereocenters. The molecule has 5 nitrogen and oxygen atoms in total. The van der Waals surface area contributed by atoms with Gasteiger partial charge in [-0.3, -0.25) is 4.79 Å². The van der Waals surface area contributed by atoms with Crippen molar-refractivity contribution in [3.63, 3.8) is 0 Å². The van der Waals surface area contributed by atoms with Crippen molar-refractivity contribution in [3.8, 4) is 0 Å². The maximum absolute atomic E-state index is 12.0. The number of hydrogen-bond acceptors (Lipinski definition) is 3. The number of rotatable bonds is 4. The van der Waals surface area contributed by atoms with E-state index in [-0.39, 0.29) is 12.6 Å². The SMILES string of the molecule is CC(C)(C)N(CC(=O)O)C(=O)NCc1cc(Br)cs1. The van der Waals surface area contributed by atoms with E-state index >= 15 is 0 Å². The quantitative estimate of drug-likeness (QED) is 0.878. The Morgan fingerprint density at radius 1 is 1.47 bits per heavy atom. The van der Waals surface area contributed by atoms with E-state index in [9.17, 15) is 9.59 Å². The number of urea groups is 1. The van der Waals surface area contributed by atoms with Crippen LogP contribution >= 0.6 is 27.3 Å². The van der Waals surface area contributed by atoms with Gasteiger partial charge in [0.1, 0.15) is 6.54 Å². The third-order valence-corrected chi connectivity index (χ3v) is 4.08. The number of carbonyl (C=O) groups excluding carboxylic acids is 1. The van der Waals surface area contributed by atoms with Gasteiger partial charge in [0.25, 0.3) is 0 Å². The van der Waals surface area contributed by atoms with Crippen molar-refractivity contribution in [1.82, 2.24) is 10.2 Å². The first-order valence-corrected chi connectivity index (χ1v) is 7.37. The zero-order valence-electron chi connectivity index (χ0n) is 11.1. The Morgan fingerprint density at radius 2 is 2.11 bits per heavy atom. The number of aliphatic carboxylic acids is 1. The summed E-state index contributed by atoms with van der Waals surface area (Å²) in [5, 5.41) is 13.5. The minimum atomic E-state index is -1.02. The fourth-order valence-corrected chi connectivity index (χ4v) is 2.84. The Morgan fingerprint density at radius 3 is 2.53 bits per heavy atom. The van der Waals surface area contributed by atoms with Crippen LogP contribution in [0, 0.1) is 0 Å². The molecule has 0 bridgehead atoms. The molecule has 0 saturated carbocycles. The molecule has 0 aliphatic heterocycles. The minimum Gasteiger partial charge on any atom is -0.480 e. The number of carboxylic acid groups (broad SMARTS) is 1. The number of amides is 2. The van der Waals surface area contributed by atoms with Crippen molar-refractivity contribution >= 4 is 39.3 Å². The summed E-state index contributed by atoms with van der Waals surface area (Å²) in [7, 11) is 0. The molecule has 19 heavy (non-hydrogen) atoms. The first-order chi connectivity index (χ1) is 8.70. The number of carboxylic acids is 1. The average Bonchev–Trinajstić information content (AvgIpc) is 2.67. The molecular formula is C12H17BrN2O3S. The summed E-state index contributed by atoms with van der Waals surface area (Å²) in [5.41, 5.74) is -0.543. The van der Waals surface area contributed by atoms with Crippen LogP contribution in [0.25, 0.3) is 0 Å². The summed E-state index contributed by atoms with van der Waals surface area (Å²) in [6.45, 7) is 5.48. The first-order valence-electron chi connectivity index (χ1n) is 5.70. The molecule has 0 aliphatic carbocycles. The number of hydrogen-bond donors (Lipinski definition) is 2. The number of nitrogens with zero attached hydrogens (tertiary/aromatic N) is 1. The van der Waals surface area contributed by atoms with Crippen molar-refractivity contribution < 1.29 is 14.7 Å². The molecule has 7 heteroatoms. The maximum atomic E-state index is 12.0. The molecule has 2 amide bonds. The highest BCUT2D eigenvalue weighted by atomic mass is 79.9. The van der Waals surface area contributed by atoms with Crippen molar-refractivity contribution in [2.75, 3.05) is 6.54 Å². The highest BCUT2D eigenvalue weighted by molar-refractivity contribution is 9.10. The van der Waals surface area contributed by atoms with Gasteiger partial charge in [-0.1, -0.05) is 0 Å². The normalized spacial score (nSPS) is 11.2. The predicted octanol–water partition coefficient (Wildman–Crippen LogP) is 2.91. The Labute approximate surface area is 124 Å². The van der Waals surface area contributed by atoms with Gasteiger partial charge in [-0.05, 0) is 42.8 Å². The summed E-state index contributed by atoms with van der Waals surface area (Å²) < 4.78 is 0.972. The third kappa shape index (κ3) is 5.20. The Bertz CT molecular complexity index is 468. The molecule has 1 rings (SSSR count). The van der Waals surface area contributed by atoms with Gasteiger partial charge in [0.05, 0.1) is 6.54 Å². The molecule has 0 radical (unpaired) electrons. The van der Waals surface area contributed by atoms with Crippen LogP contribution in [0.5, 0.6) is 0 Å². The molecule has 1 heterocycles. The standard InChI is InChI=1S/C12H17BrN2O3S/c1-12(2,3)15(6-10(16)17)11(18)14-5-9-4-8(13)7-19-9/h4,7H,5-6H2,1-3H3,(H,14,18)(H,16,17). The van der Waals surface area contributed by atoms with Gasteiger partial charge in [0.2, 0.25) is 0 Å². The lowest BCUT2D eigenvalue weighted by Crippen LogP contribution is -2.52. The first kappa shape index (κ1) is 16.0. The predicted molar refractivity (Wildman–Crippen MR) is 78.3 cm³/mol. The average molecular weight is 349 g/mol. The number of halogens is 1. The van der Waals surface area contributed by atoms with Crippen molar-refractivity contribution in [2.24, 2.45) is 0 Å². The topological polar surface area (TPSA) is 69.6 Å². The van der Waals surface area contributed by atoms with Crippen LogP contribution in [0.1, 0.15) is 25.6 Å². The maximum Gasteiger partial charge on any atom is 0.323 e. The van der Waals surface area contributed by atoms with Crippen LogP contribution in [0.4, 0.5) is 4.79 Å². The second kappa shape index (κ2) is 6.38. The summed E-state index contributed by atoms with van der Waals surface area (Å²) in [6.07, 6.45) is 0. The molecule has 0 aromatic carbocycles. The van der Waals surface area contributed by atoms with Gasteiger partial charge in [0, 0.05) is 20.3 Å². The van der Waals surface area contributed by atoms with E-state index in [1.54, 1.807) is 20.8 Å². The van der Waals surface area contributed by atoms with E-state index in [0.29, 0.717) is 6.54 Å². The van der Waals surface area contributed by atoms with Gasteiger partial charge in [-0.25, -0.2) is 4.79 Å². The van der Waals surface area contributed by atoms with Crippen LogP contribution in [0.15, 0.2) is 15.9 Å². The summed E-state index contributed by atoms with van der Waals surface area (Å²) in [6, 6.07) is 1.54. The minimum absolute atomic E-state index is 0.316. The Kier molecular flexibility index (Phi) is 5.37. The van der Waals surface area contributed by atoms with Gasteiger partial charge in [-0.15, -0.1) is 11.3 Å². The second-order valence-corrected chi connectivity index (χ2v) is 6.95. The van der Waals surface area contributed by atoms with Crippen molar-refractivity contribution in [1.29, 1.82) is 0 Å². The molecule has 0 saturated heterocycles.